The molecule has 6 heavy (non-hydrogen) atoms. The number of hydrogen-bond donors (Lipinski definition) is 0. The van der Waals surface area contributed by atoms with E-state index in [0.29, 0.717) is 0 Å². The van der Waals surface area contributed by atoms with Gasteiger partial charge in [0.2, 0.25) is 0 Å². The van der Waals surface area contributed by atoms with Crippen LogP contribution in [0.2, 0.25) is 7.86 Å². The quantitative estimate of drug-likeness (QED) is 0.650. The van der Waals surface area contributed by atoms with E-state index in [1.807, 2.05) is 0 Å². The van der Waals surface area contributed by atoms with E-state index in [-0.39, 0.29) is 37.0 Å². The van der Waals surface area contributed by atoms with E-state index in [4.69, 9.17) is 0 Å². The van der Waals surface area contributed by atoms with Gasteiger partial charge in [-0.1, -0.05) is 0 Å². The fourth-order valence-corrected chi connectivity index (χ4v) is 4.62. The maximum atomic E-state index is 2.48. The molecule has 0 saturated heterocycles. The van der Waals surface area contributed by atoms with Crippen molar-refractivity contribution < 1.29 is 24.6 Å². The molecule has 1 fully saturated rings. The Morgan fingerprint density at radius 1 is 1.50 bits per heavy atom. The molecule has 0 spiro atoms. The summed E-state index contributed by atoms with van der Waals surface area (Å²) in [6.07, 6.45) is 3.22. The van der Waals surface area contributed by atoms with E-state index in [0.717, 1.165) is 0 Å². The van der Waals surface area contributed by atoms with E-state index in [1.165, 1.54) is 3.43 Å². The average Bonchev–Trinajstić information content (AvgIpc) is 2.12. The molecule has 0 aromatic heterocycles. The zero-order valence-corrected chi connectivity index (χ0v) is 10.4. The Labute approximate surface area is 57.5 Å². The topological polar surface area (TPSA) is 0 Å². The molecule has 0 bridgehead atoms. The standard InChI is InChI=1S/C3H5.CH3.ClH.Hg/c1-2-3-1;;;/h1H,2-3H2;1H3;1H;. The molecule has 0 unspecified atom stereocenters. The van der Waals surface area contributed by atoms with Crippen LogP contribution >= 0.6 is 12.4 Å². The molecule has 0 radical (unpaired) electrons. The van der Waals surface area contributed by atoms with E-state index >= 15 is 0 Å². The fourth-order valence-electron chi connectivity index (χ4n) is 0.526. The summed E-state index contributed by atoms with van der Waals surface area (Å²) in [5, 5.41) is 0. The summed E-state index contributed by atoms with van der Waals surface area (Å²) in [7, 11) is 0. The Morgan fingerprint density at radius 2 is 2.00 bits per heavy atom. The fraction of sp³-hybridized carbons (Fsp3) is 1.00. The van der Waals surface area contributed by atoms with E-state index in [9.17, 15) is 0 Å². The van der Waals surface area contributed by atoms with Crippen LogP contribution in [0.1, 0.15) is 12.8 Å². The van der Waals surface area contributed by atoms with Crippen LogP contribution in [0.25, 0.3) is 0 Å². The molecule has 1 aliphatic carbocycles. The van der Waals surface area contributed by atoms with Crippen molar-refractivity contribution in [3.63, 3.8) is 0 Å². The minimum atomic E-state index is -0.114. The van der Waals surface area contributed by atoms with Gasteiger partial charge >= 0.3 is 45.3 Å². The molecule has 34 valence electrons. The summed E-state index contributed by atoms with van der Waals surface area (Å²) < 4.78 is 3.84. The third-order valence-corrected chi connectivity index (χ3v) is 8.94. The Morgan fingerprint density at radius 3 is 2.00 bits per heavy atom. The number of rotatable bonds is 1. The molecular weight excluding hydrogens is 284 g/mol. The van der Waals surface area contributed by atoms with Gasteiger partial charge in [0.05, 0.1) is 0 Å². The predicted molar refractivity (Wildman–Crippen MR) is 26.1 cm³/mol. The van der Waals surface area contributed by atoms with Gasteiger partial charge in [-0.2, -0.15) is 0 Å². The molecule has 0 nitrogen and oxygen atoms in total. The molecule has 0 aromatic rings. The monoisotopic (exact) mass is 294 g/mol. The second kappa shape index (κ2) is 3.26. The number of halogens is 1. The van der Waals surface area contributed by atoms with Crippen molar-refractivity contribution in [3.8, 4) is 0 Å². The average molecular weight is 293 g/mol. The Bertz CT molecular complexity index is 34.5. The molecule has 1 saturated carbocycles. The van der Waals surface area contributed by atoms with Gasteiger partial charge in [-0.05, 0) is 0 Å². The van der Waals surface area contributed by atoms with Crippen LogP contribution in [0.3, 0.4) is 0 Å². The van der Waals surface area contributed by atoms with E-state index in [2.05, 4.69) is 4.43 Å². The van der Waals surface area contributed by atoms with E-state index in [1.54, 1.807) is 12.8 Å². The van der Waals surface area contributed by atoms with Crippen LogP contribution in [-0.4, -0.2) is 0 Å². The molecule has 0 amide bonds. The zero-order valence-electron chi connectivity index (χ0n) is 4.11. The second-order valence-corrected chi connectivity index (χ2v) is 9.51. The Balaban J connectivity index is 0.000000250. The van der Waals surface area contributed by atoms with Crippen LogP contribution in [0.5, 0.6) is 0 Å². The third kappa shape index (κ3) is 2.41. The molecular formula is C4H9ClHg. The Kier molecular flexibility index (Phi) is 3.92. The van der Waals surface area contributed by atoms with Crippen LogP contribution in [-0.2, 0) is 24.6 Å². The molecule has 0 heterocycles. The first-order chi connectivity index (χ1) is 2.43. The predicted octanol–water partition coefficient (Wildman–Crippen LogP) is 2.12. The first-order valence-electron chi connectivity index (χ1n) is 2.43. The van der Waals surface area contributed by atoms with Gasteiger partial charge in [-0.3, -0.25) is 0 Å². The summed E-state index contributed by atoms with van der Waals surface area (Å²) >= 11 is -0.114. The van der Waals surface area contributed by atoms with Crippen molar-refractivity contribution in [2.24, 2.45) is 0 Å². The van der Waals surface area contributed by atoms with Crippen molar-refractivity contribution in [1.82, 2.24) is 0 Å². The van der Waals surface area contributed by atoms with Crippen molar-refractivity contribution in [1.29, 1.82) is 0 Å². The van der Waals surface area contributed by atoms with Crippen LogP contribution in [0.4, 0.5) is 0 Å². The summed E-state index contributed by atoms with van der Waals surface area (Å²) in [6, 6.07) is 0. The first kappa shape index (κ1) is 7.23. The molecule has 1 rings (SSSR count). The molecule has 0 aromatic carbocycles. The second-order valence-electron chi connectivity index (χ2n) is 1.85. The molecule has 1 aliphatic rings. The van der Waals surface area contributed by atoms with E-state index < -0.39 is 0 Å². The van der Waals surface area contributed by atoms with Crippen molar-refractivity contribution >= 4 is 12.4 Å². The van der Waals surface area contributed by atoms with Gasteiger partial charge in [0.1, 0.15) is 0 Å². The van der Waals surface area contributed by atoms with Crippen molar-refractivity contribution in [3.05, 3.63) is 0 Å². The summed E-state index contributed by atoms with van der Waals surface area (Å²) in [6.45, 7) is 0. The SMILES string of the molecule is Cl.[CH3][Hg][CH]1CC1. The molecule has 2 heteroatoms. The number of hydrogen-bond acceptors (Lipinski definition) is 0. The maximum absolute atomic E-state index is 2.48. The van der Waals surface area contributed by atoms with Gasteiger partial charge in [-0.25, -0.2) is 0 Å². The Hall–Kier alpha value is 1.23. The van der Waals surface area contributed by atoms with Crippen molar-refractivity contribution in [2.75, 3.05) is 0 Å². The zero-order chi connectivity index (χ0) is 3.70. The van der Waals surface area contributed by atoms with Crippen LogP contribution < -0.4 is 0 Å². The normalized spacial score (nSPS) is 18.2. The molecule has 0 N–H and O–H groups in total. The third-order valence-electron chi connectivity index (χ3n) is 1.27. The summed E-state index contributed by atoms with van der Waals surface area (Å²) in [5.41, 5.74) is 0. The van der Waals surface area contributed by atoms with Gasteiger partial charge in [0.25, 0.3) is 0 Å². The van der Waals surface area contributed by atoms with Crippen molar-refractivity contribution in [2.45, 2.75) is 20.7 Å². The van der Waals surface area contributed by atoms with Gasteiger partial charge in [0, 0.05) is 0 Å². The summed E-state index contributed by atoms with van der Waals surface area (Å²) in [5.74, 6) is 0. The molecule has 0 atom stereocenters. The van der Waals surface area contributed by atoms with Gasteiger partial charge < -0.3 is 0 Å². The van der Waals surface area contributed by atoms with Crippen LogP contribution in [0.15, 0.2) is 0 Å². The first-order valence-corrected chi connectivity index (χ1v) is 11.1. The van der Waals surface area contributed by atoms with Gasteiger partial charge in [-0.15, -0.1) is 12.4 Å². The van der Waals surface area contributed by atoms with Gasteiger partial charge in [0.15, 0.2) is 0 Å². The minimum absolute atomic E-state index is 0. The summed E-state index contributed by atoms with van der Waals surface area (Å²) in [4.78, 5) is 0. The molecule has 0 aliphatic heterocycles. The van der Waals surface area contributed by atoms with Crippen LogP contribution in [0, 0.1) is 0 Å².